The van der Waals surface area contributed by atoms with Crippen molar-refractivity contribution in [1.82, 2.24) is 14.5 Å². The number of likely N-dealkylation sites (tertiary alicyclic amines) is 1. The highest BCUT2D eigenvalue weighted by Crippen LogP contribution is 2.36. The Balaban J connectivity index is 1.38. The molecule has 0 saturated carbocycles. The van der Waals surface area contributed by atoms with E-state index in [1.165, 1.54) is 45.3 Å². The molecule has 2 aliphatic heterocycles. The number of aryl methyl sites for hydroxylation is 2. The largest absolute Gasteiger partial charge is 0.375 e. The summed E-state index contributed by atoms with van der Waals surface area (Å²) >= 11 is 0. The van der Waals surface area contributed by atoms with Gasteiger partial charge in [0.1, 0.15) is 5.82 Å². The molecule has 0 atom stereocenters. The molecule has 3 heterocycles. The molecular weight excluding hydrogens is 226 g/mol. The third-order valence-electron chi connectivity index (χ3n) is 4.53. The zero-order chi connectivity index (χ0) is 12.4. The first kappa shape index (κ1) is 12.2. The van der Waals surface area contributed by atoms with Crippen molar-refractivity contribution in [2.45, 2.75) is 44.8 Å². The number of nitrogens with zero attached hydrogens (tertiary/aromatic N) is 3. The fraction of sp³-hybridized carbons (Fsp3) is 0.786. The summed E-state index contributed by atoms with van der Waals surface area (Å²) < 4.78 is 7.98. The minimum atomic E-state index is 0.289. The van der Waals surface area contributed by atoms with Crippen LogP contribution in [-0.2, 0) is 11.3 Å². The Kier molecular flexibility index (Phi) is 3.39. The van der Waals surface area contributed by atoms with Crippen LogP contribution in [0.2, 0.25) is 0 Å². The molecule has 2 aliphatic rings. The van der Waals surface area contributed by atoms with Gasteiger partial charge in [0, 0.05) is 32.0 Å². The van der Waals surface area contributed by atoms with Gasteiger partial charge in [0.25, 0.3) is 0 Å². The lowest BCUT2D eigenvalue weighted by atomic mass is 9.84. The molecule has 0 aromatic carbocycles. The van der Waals surface area contributed by atoms with E-state index in [9.17, 15) is 0 Å². The second-order valence-electron chi connectivity index (χ2n) is 5.64. The molecule has 1 spiro atoms. The summed E-state index contributed by atoms with van der Waals surface area (Å²) in [6.07, 6.45) is 8.92. The molecule has 4 nitrogen and oxygen atoms in total. The van der Waals surface area contributed by atoms with Crippen LogP contribution >= 0.6 is 0 Å². The van der Waals surface area contributed by atoms with Crippen LogP contribution in [0.15, 0.2) is 12.4 Å². The molecule has 0 radical (unpaired) electrons. The molecule has 0 N–H and O–H groups in total. The van der Waals surface area contributed by atoms with Gasteiger partial charge in [-0.05, 0) is 39.2 Å². The second kappa shape index (κ2) is 5.02. The van der Waals surface area contributed by atoms with E-state index in [4.69, 9.17) is 4.74 Å². The minimum absolute atomic E-state index is 0.289. The summed E-state index contributed by atoms with van der Waals surface area (Å²) in [5.41, 5.74) is 0.289. The average molecular weight is 249 g/mol. The Morgan fingerprint density at radius 3 is 2.61 bits per heavy atom. The van der Waals surface area contributed by atoms with E-state index in [1.54, 1.807) is 0 Å². The summed E-state index contributed by atoms with van der Waals surface area (Å²) in [6, 6.07) is 0. The zero-order valence-electron chi connectivity index (χ0n) is 11.3. The van der Waals surface area contributed by atoms with Crippen LogP contribution in [0.25, 0.3) is 0 Å². The highest BCUT2D eigenvalue weighted by atomic mass is 16.5. The number of hydrogen-bond acceptors (Lipinski definition) is 3. The molecule has 4 heteroatoms. The third-order valence-corrected chi connectivity index (χ3v) is 4.53. The number of hydrogen-bond donors (Lipinski definition) is 0. The number of aromatic nitrogens is 2. The summed E-state index contributed by atoms with van der Waals surface area (Å²) in [5.74, 6) is 1.12. The maximum atomic E-state index is 5.75. The standard InChI is InChI=1S/C14H23N3O/c1-13-15-6-11-17(13)8-2-7-16-9-3-14(4-10-16)5-12-18-14/h6,11H,2-5,7-10,12H2,1H3. The van der Waals surface area contributed by atoms with Crippen molar-refractivity contribution in [2.75, 3.05) is 26.2 Å². The van der Waals surface area contributed by atoms with Gasteiger partial charge in [-0.25, -0.2) is 4.98 Å². The van der Waals surface area contributed by atoms with Crippen LogP contribution in [0.3, 0.4) is 0 Å². The fourth-order valence-electron chi connectivity index (χ4n) is 3.07. The SMILES string of the molecule is Cc1nccn1CCCN1CCC2(CCO2)CC1. The van der Waals surface area contributed by atoms with Crippen LogP contribution in [-0.4, -0.2) is 46.3 Å². The first-order valence-corrected chi connectivity index (χ1v) is 7.12. The van der Waals surface area contributed by atoms with E-state index in [1.807, 2.05) is 6.20 Å². The van der Waals surface area contributed by atoms with E-state index in [2.05, 4.69) is 27.6 Å². The molecule has 100 valence electrons. The van der Waals surface area contributed by atoms with Crippen molar-refractivity contribution < 1.29 is 4.74 Å². The van der Waals surface area contributed by atoms with Crippen molar-refractivity contribution in [2.24, 2.45) is 0 Å². The topological polar surface area (TPSA) is 30.3 Å². The van der Waals surface area contributed by atoms with Crippen molar-refractivity contribution >= 4 is 0 Å². The summed E-state index contributed by atoms with van der Waals surface area (Å²) in [4.78, 5) is 6.84. The smallest absolute Gasteiger partial charge is 0.105 e. The fourth-order valence-corrected chi connectivity index (χ4v) is 3.07. The van der Waals surface area contributed by atoms with Crippen molar-refractivity contribution in [3.63, 3.8) is 0 Å². The maximum absolute atomic E-state index is 5.75. The Labute approximate surface area is 109 Å². The third kappa shape index (κ3) is 2.45. The number of rotatable bonds is 4. The molecule has 0 amide bonds. The lowest BCUT2D eigenvalue weighted by molar-refractivity contribution is -0.172. The van der Waals surface area contributed by atoms with Crippen LogP contribution in [0.5, 0.6) is 0 Å². The van der Waals surface area contributed by atoms with Crippen LogP contribution in [0, 0.1) is 6.92 Å². The zero-order valence-corrected chi connectivity index (χ0v) is 11.3. The normalized spacial score (nSPS) is 23.2. The highest BCUT2D eigenvalue weighted by molar-refractivity contribution is 4.93. The number of imidazole rings is 1. The summed E-state index contributed by atoms with van der Waals surface area (Å²) in [5, 5.41) is 0. The van der Waals surface area contributed by atoms with Gasteiger partial charge in [-0.1, -0.05) is 0 Å². The molecule has 3 rings (SSSR count). The first-order valence-electron chi connectivity index (χ1n) is 7.12. The predicted octanol–water partition coefficient (Wildman–Crippen LogP) is 1.84. The van der Waals surface area contributed by atoms with E-state index >= 15 is 0 Å². The van der Waals surface area contributed by atoms with Gasteiger partial charge in [-0.15, -0.1) is 0 Å². The van der Waals surface area contributed by atoms with E-state index < -0.39 is 0 Å². The Hall–Kier alpha value is -0.870. The van der Waals surface area contributed by atoms with Gasteiger partial charge >= 0.3 is 0 Å². The van der Waals surface area contributed by atoms with E-state index in [-0.39, 0.29) is 5.60 Å². The molecule has 0 aliphatic carbocycles. The summed E-state index contributed by atoms with van der Waals surface area (Å²) in [7, 11) is 0. The molecule has 18 heavy (non-hydrogen) atoms. The molecular formula is C14H23N3O. The van der Waals surface area contributed by atoms with Crippen molar-refractivity contribution in [3.05, 3.63) is 18.2 Å². The Morgan fingerprint density at radius 2 is 2.06 bits per heavy atom. The molecule has 0 unspecified atom stereocenters. The predicted molar refractivity (Wildman–Crippen MR) is 70.6 cm³/mol. The second-order valence-corrected chi connectivity index (χ2v) is 5.64. The summed E-state index contributed by atoms with van der Waals surface area (Å²) in [6.45, 7) is 7.77. The lowest BCUT2D eigenvalue weighted by Crippen LogP contribution is -2.52. The molecule has 1 aromatic heterocycles. The van der Waals surface area contributed by atoms with Crippen LogP contribution in [0.4, 0.5) is 0 Å². The molecule has 1 aromatic rings. The molecule has 2 saturated heterocycles. The monoisotopic (exact) mass is 249 g/mol. The van der Waals surface area contributed by atoms with Gasteiger partial charge in [0.2, 0.25) is 0 Å². The lowest BCUT2D eigenvalue weighted by Gasteiger charge is -2.47. The van der Waals surface area contributed by atoms with Gasteiger partial charge < -0.3 is 14.2 Å². The van der Waals surface area contributed by atoms with E-state index in [0.29, 0.717) is 0 Å². The highest BCUT2D eigenvalue weighted by Gasteiger charge is 2.40. The van der Waals surface area contributed by atoms with Gasteiger partial charge in [0.05, 0.1) is 12.2 Å². The van der Waals surface area contributed by atoms with Gasteiger partial charge in [-0.2, -0.15) is 0 Å². The molecule has 0 bridgehead atoms. The van der Waals surface area contributed by atoms with Crippen molar-refractivity contribution in [3.8, 4) is 0 Å². The Morgan fingerprint density at radius 1 is 1.28 bits per heavy atom. The Bertz CT molecular complexity index is 387. The first-order chi connectivity index (χ1) is 8.77. The maximum Gasteiger partial charge on any atom is 0.105 e. The number of piperidine rings is 1. The molecule has 2 fully saturated rings. The quantitative estimate of drug-likeness (QED) is 0.815. The van der Waals surface area contributed by atoms with Gasteiger partial charge in [0.15, 0.2) is 0 Å². The van der Waals surface area contributed by atoms with Crippen LogP contribution < -0.4 is 0 Å². The number of ether oxygens (including phenoxy) is 1. The van der Waals surface area contributed by atoms with Gasteiger partial charge in [-0.3, -0.25) is 0 Å². The van der Waals surface area contributed by atoms with Crippen LogP contribution in [0.1, 0.15) is 31.5 Å². The van der Waals surface area contributed by atoms with Crippen molar-refractivity contribution in [1.29, 1.82) is 0 Å². The average Bonchev–Trinajstić information content (AvgIpc) is 2.74. The minimum Gasteiger partial charge on any atom is -0.375 e. The van der Waals surface area contributed by atoms with E-state index in [0.717, 1.165) is 19.0 Å².